The minimum absolute atomic E-state index is 0.0155. The van der Waals surface area contributed by atoms with Crippen molar-refractivity contribution in [2.75, 3.05) is 51.8 Å². The lowest BCUT2D eigenvalue weighted by Gasteiger charge is -2.36. The molecule has 2 amide bonds. The highest BCUT2D eigenvalue weighted by Crippen LogP contribution is 2.27. The number of aromatic nitrogens is 1. The monoisotopic (exact) mass is 384 g/mol. The first-order valence-corrected chi connectivity index (χ1v) is 9.60. The number of anilines is 1. The summed E-state index contributed by atoms with van der Waals surface area (Å²) in [6.07, 6.45) is 5.34. The van der Waals surface area contributed by atoms with Crippen molar-refractivity contribution in [1.82, 2.24) is 15.2 Å². The lowest BCUT2D eigenvalue weighted by molar-refractivity contribution is 0.194. The Morgan fingerprint density at radius 2 is 1.75 bits per heavy atom. The zero-order valence-corrected chi connectivity index (χ0v) is 16.6. The van der Waals surface area contributed by atoms with Gasteiger partial charge in [0.05, 0.1) is 14.2 Å². The van der Waals surface area contributed by atoms with Gasteiger partial charge in [-0.25, -0.2) is 4.79 Å². The molecule has 28 heavy (non-hydrogen) atoms. The van der Waals surface area contributed by atoms with Gasteiger partial charge < -0.3 is 24.6 Å². The number of amides is 2. The fourth-order valence-corrected chi connectivity index (χ4v) is 3.36. The number of rotatable bonds is 7. The van der Waals surface area contributed by atoms with Crippen LogP contribution in [0.5, 0.6) is 11.5 Å². The largest absolute Gasteiger partial charge is 0.493 e. The molecule has 0 saturated carbocycles. The fourth-order valence-electron chi connectivity index (χ4n) is 3.36. The third-order valence-corrected chi connectivity index (χ3v) is 4.96. The zero-order valence-electron chi connectivity index (χ0n) is 16.6. The second kappa shape index (κ2) is 9.82. The molecular weight excluding hydrogens is 356 g/mol. The Bertz CT molecular complexity index is 762. The molecule has 0 bridgehead atoms. The number of carbonyl (C=O) groups excluding carboxylic acids is 1. The number of nitrogens with zero attached hydrogens (tertiary/aromatic N) is 3. The Morgan fingerprint density at radius 3 is 2.43 bits per heavy atom. The fraction of sp³-hybridized carbons (Fsp3) is 0.429. The van der Waals surface area contributed by atoms with E-state index in [1.54, 1.807) is 26.6 Å². The molecule has 1 aliphatic heterocycles. The number of hydrogen-bond acceptors (Lipinski definition) is 5. The normalized spacial score (nSPS) is 13.9. The number of carbonyl (C=O) groups is 1. The van der Waals surface area contributed by atoms with E-state index in [0.29, 0.717) is 6.54 Å². The number of benzene rings is 1. The maximum Gasteiger partial charge on any atom is 0.317 e. The van der Waals surface area contributed by atoms with Crippen molar-refractivity contribution in [2.24, 2.45) is 0 Å². The molecule has 7 heteroatoms. The maximum atomic E-state index is 12.4. The van der Waals surface area contributed by atoms with E-state index in [-0.39, 0.29) is 6.03 Å². The molecule has 0 radical (unpaired) electrons. The average Bonchev–Trinajstić information content (AvgIpc) is 2.77. The molecule has 1 fully saturated rings. The maximum absolute atomic E-state index is 12.4. The van der Waals surface area contributed by atoms with Gasteiger partial charge in [0.25, 0.3) is 0 Å². The van der Waals surface area contributed by atoms with Gasteiger partial charge in [0.2, 0.25) is 0 Å². The summed E-state index contributed by atoms with van der Waals surface area (Å²) in [7, 11) is 3.26. The molecule has 0 unspecified atom stereocenters. The van der Waals surface area contributed by atoms with E-state index in [4.69, 9.17) is 9.47 Å². The predicted molar refractivity (Wildman–Crippen MR) is 109 cm³/mol. The molecule has 0 atom stereocenters. The molecule has 150 valence electrons. The SMILES string of the molecule is COc1ccc(CCCNC(=O)N2CCN(c3ccncc3)CC2)cc1OC. The van der Waals surface area contributed by atoms with Gasteiger partial charge in [-0.2, -0.15) is 0 Å². The number of piperazine rings is 1. The van der Waals surface area contributed by atoms with E-state index in [0.717, 1.165) is 61.8 Å². The summed E-state index contributed by atoms with van der Waals surface area (Å²) in [5, 5.41) is 3.03. The molecule has 1 aromatic heterocycles. The lowest BCUT2D eigenvalue weighted by atomic mass is 10.1. The number of ether oxygens (including phenoxy) is 2. The highest BCUT2D eigenvalue weighted by atomic mass is 16.5. The first-order chi connectivity index (χ1) is 13.7. The molecular formula is C21H28N4O3. The van der Waals surface area contributed by atoms with Gasteiger partial charge in [0.1, 0.15) is 0 Å². The van der Waals surface area contributed by atoms with Crippen molar-refractivity contribution in [1.29, 1.82) is 0 Å². The summed E-state index contributed by atoms with van der Waals surface area (Å²) in [4.78, 5) is 20.6. The summed E-state index contributed by atoms with van der Waals surface area (Å²) in [6.45, 7) is 3.78. The highest BCUT2D eigenvalue weighted by molar-refractivity contribution is 5.74. The van der Waals surface area contributed by atoms with Crippen molar-refractivity contribution in [2.45, 2.75) is 12.8 Å². The van der Waals surface area contributed by atoms with Crippen LogP contribution in [0.15, 0.2) is 42.7 Å². The smallest absolute Gasteiger partial charge is 0.317 e. The van der Waals surface area contributed by atoms with Gasteiger partial charge in [-0.3, -0.25) is 4.98 Å². The second-order valence-corrected chi connectivity index (χ2v) is 6.70. The summed E-state index contributed by atoms with van der Waals surface area (Å²) >= 11 is 0. The van der Waals surface area contributed by atoms with Crippen LogP contribution in [0.1, 0.15) is 12.0 Å². The average molecular weight is 384 g/mol. The van der Waals surface area contributed by atoms with Crippen LogP contribution in [-0.4, -0.2) is 62.9 Å². The van der Waals surface area contributed by atoms with Crippen LogP contribution < -0.4 is 19.7 Å². The van der Waals surface area contributed by atoms with Crippen LogP contribution >= 0.6 is 0 Å². The van der Waals surface area contributed by atoms with Crippen molar-refractivity contribution < 1.29 is 14.3 Å². The zero-order chi connectivity index (χ0) is 19.8. The first-order valence-electron chi connectivity index (χ1n) is 9.60. The molecule has 0 spiro atoms. The van der Waals surface area contributed by atoms with Gasteiger partial charge in [-0.15, -0.1) is 0 Å². The molecule has 7 nitrogen and oxygen atoms in total. The second-order valence-electron chi connectivity index (χ2n) is 6.70. The van der Waals surface area contributed by atoms with Crippen LogP contribution in [-0.2, 0) is 6.42 Å². The van der Waals surface area contributed by atoms with Crippen LogP contribution in [0, 0.1) is 0 Å². The topological polar surface area (TPSA) is 66.9 Å². The van der Waals surface area contributed by atoms with Crippen molar-refractivity contribution >= 4 is 11.7 Å². The van der Waals surface area contributed by atoms with Gasteiger partial charge >= 0.3 is 6.03 Å². The summed E-state index contributed by atoms with van der Waals surface area (Å²) in [5.74, 6) is 1.46. The van der Waals surface area contributed by atoms with Gasteiger partial charge in [-0.1, -0.05) is 6.07 Å². The van der Waals surface area contributed by atoms with Crippen LogP contribution in [0.25, 0.3) is 0 Å². The van der Waals surface area contributed by atoms with Crippen LogP contribution in [0.4, 0.5) is 10.5 Å². The van der Waals surface area contributed by atoms with E-state index in [1.165, 1.54) is 0 Å². The summed E-state index contributed by atoms with van der Waals surface area (Å²) < 4.78 is 10.6. The Balaban J connectivity index is 1.38. The number of urea groups is 1. The third-order valence-electron chi connectivity index (χ3n) is 4.96. The number of nitrogens with one attached hydrogen (secondary N) is 1. The number of pyridine rings is 1. The van der Waals surface area contributed by atoms with Crippen molar-refractivity contribution in [3.05, 3.63) is 48.3 Å². The standard InChI is InChI=1S/C21H28N4O3/c1-27-19-6-5-17(16-20(19)28-2)4-3-9-23-21(26)25-14-12-24(13-15-25)18-7-10-22-11-8-18/h5-8,10-11,16H,3-4,9,12-15H2,1-2H3,(H,23,26). The predicted octanol–water partition coefficient (Wildman–Crippen LogP) is 2.56. The van der Waals surface area contributed by atoms with E-state index in [1.807, 2.05) is 35.2 Å². The quantitative estimate of drug-likeness (QED) is 0.743. The van der Waals surface area contributed by atoms with E-state index in [2.05, 4.69) is 15.2 Å². The number of aryl methyl sites for hydroxylation is 1. The molecule has 3 rings (SSSR count). The minimum Gasteiger partial charge on any atom is -0.493 e. The van der Waals surface area contributed by atoms with Crippen molar-refractivity contribution in [3.63, 3.8) is 0 Å². The summed E-state index contributed by atoms with van der Waals surface area (Å²) in [6, 6.07) is 9.95. The van der Waals surface area contributed by atoms with Crippen molar-refractivity contribution in [3.8, 4) is 11.5 Å². The minimum atomic E-state index is 0.0155. The van der Waals surface area contributed by atoms with Gasteiger partial charge in [0.15, 0.2) is 11.5 Å². The van der Waals surface area contributed by atoms with Crippen LogP contribution in [0.3, 0.4) is 0 Å². The Labute approximate surface area is 166 Å². The van der Waals surface area contributed by atoms with E-state index in [9.17, 15) is 4.79 Å². The Hall–Kier alpha value is -2.96. The highest BCUT2D eigenvalue weighted by Gasteiger charge is 2.20. The Morgan fingerprint density at radius 1 is 1.04 bits per heavy atom. The molecule has 0 aliphatic carbocycles. The lowest BCUT2D eigenvalue weighted by Crippen LogP contribution is -2.52. The van der Waals surface area contributed by atoms with E-state index < -0.39 is 0 Å². The molecule has 1 N–H and O–H groups in total. The van der Waals surface area contributed by atoms with Crippen LogP contribution in [0.2, 0.25) is 0 Å². The molecule has 1 aromatic carbocycles. The number of methoxy groups -OCH3 is 2. The number of hydrogen-bond donors (Lipinski definition) is 1. The molecule has 2 aromatic rings. The van der Waals surface area contributed by atoms with Gasteiger partial charge in [0, 0.05) is 50.8 Å². The van der Waals surface area contributed by atoms with Gasteiger partial charge in [-0.05, 0) is 42.7 Å². The Kier molecular flexibility index (Phi) is 6.94. The first kappa shape index (κ1) is 19.8. The summed E-state index contributed by atoms with van der Waals surface area (Å²) in [5.41, 5.74) is 2.32. The van der Waals surface area contributed by atoms with E-state index >= 15 is 0 Å². The molecule has 1 aliphatic rings. The molecule has 2 heterocycles. The molecule has 1 saturated heterocycles. The third kappa shape index (κ3) is 5.06.